The van der Waals surface area contributed by atoms with Gasteiger partial charge in [0.15, 0.2) is 0 Å². The molecule has 0 aromatic heterocycles. The fraction of sp³-hybridized carbons (Fsp3) is 0.308. The molecule has 1 aliphatic rings. The van der Waals surface area contributed by atoms with Crippen molar-refractivity contribution < 1.29 is 43.6 Å². The smallest absolute Gasteiger partial charge is 0.414 e. The van der Waals surface area contributed by atoms with Crippen LogP contribution in [0.2, 0.25) is 0 Å². The van der Waals surface area contributed by atoms with Gasteiger partial charge in [0, 0.05) is 18.7 Å². The van der Waals surface area contributed by atoms with Crippen LogP contribution in [0.1, 0.15) is 29.7 Å². The number of rotatable bonds is 7. The Morgan fingerprint density at radius 1 is 1.03 bits per heavy atom. The first-order chi connectivity index (χ1) is 17.4. The van der Waals surface area contributed by atoms with Crippen molar-refractivity contribution in [1.29, 1.82) is 0 Å². The van der Waals surface area contributed by atoms with Crippen LogP contribution in [0.4, 0.5) is 4.39 Å². The minimum Gasteiger partial charge on any atom is -0.507 e. The van der Waals surface area contributed by atoms with Crippen molar-refractivity contribution in [3.8, 4) is 5.75 Å². The molecule has 1 unspecified atom stereocenters. The van der Waals surface area contributed by atoms with Gasteiger partial charge in [-0.3, -0.25) is 9.59 Å². The Labute approximate surface area is 213 Å². The molecule has 1 saturated heterocycles. The summed E-state index contributed by atoms with van der Waals surface area (Å²) < 4.78 is 19.1. The average Bonchev–Trinajstić information content (AvgIpc) is 3.09. The molecule has 1 fully saturated rings. The molecule has 3 N–H and O–H groups in total. The van der Waals surface area contributed by atoms with Crippen LogP contribution in [-0.2, 0) is 19.2 Å². The average molecular weight is 517 g/mol. The molecule has 3 rings (SSSR count). The molecule has 0 radical (unpaired) electrons. The summed E-state index contributed by atoms with van der Waals surface area (Å²) in [6.07, 6.45) is 0. The zero-order valence-corrected chi connectivity index (χ0v) is 20.9. The zero-order valence-electron chi connectivity index (χ0n) is 20.9. The highest BCUT2D eigenvalue weighted by Gasteiger charge is 2.45. The number of aryl methyl sites for hydroxylation is 1. The lowest BCUT2D eigenvalue weighted by molar-refractivity contribution is -0.159. The molecular weight excluding hydrogens is 487 g/mol. The first-order valence-electron chi connectivity index (χ1n) is 11.3. The van der Waals surface area contributed by atoms with Crippen molar-refractivity contribution in [3.63, 3.8) is 0 Å². The molecule has 198 valence electrons. The number of likely N-dealkylation sites (N-methyl/N-ethyl adjacent to an activating group) is 1. The Morgan fingerprint density at radius 3 is 2.11 bits per heavy atom. The first-order valence-corrected chi connectivity index (χ1v) is 11.3. The number of aliphatic hydroxyl groups is 1. The number of nitrogens with zero attached hydrogens (tertiary/aromatic N) is 2. The van der Waals surface area contributed by atoms with E-state index in [1.54, 1.807) is 18.2 Å². The van der Waals surface area contributed by atoms with E-state index in [2.05, 4.69) is 0 Å². The number of hydrogen-bond acceptors (Lipinski definition) is 7. The maximum Gasteiger partial charge on any atom is 0.414 e. The van der Waals surface area contributed by atoms with Crippen LogP contribution in [0.5, 0.6) is 5.75 Å². The summed E-state index contributed by atoms with van der Waals surface area (Å²) in [5, 5.41) is 25.9. The van der Waals surface area contributed by atoms with E-state index in [9.17, 15) is 19.1 Å². The molecule has 10 nitrogen and oxygen atoms in total. The molecule has 37 heavy (non-hydrogen) atoms. The second kappa shape index (κ2) is 12.6. The number of hydrogen-bond donors (Lipinski definition) is 3. The number of carbonyl (C=O) groups excluding carboxylic acids is 2. The highest BCUT2D eigenvalue weighted by molar-refractivity contribution is 6.46. The van der Waals surface area contributed by atoms with E-state index in [4.69, 9.17) is 24.5 Å². The van der Waals surface area contributed by atoms with E-state index in [0.29, 0.717) is 36.6 Å². The Hall–Kier alpha value is -4.25. The molecule has 2 aromatic carbocycles. The summed E-state index contributed by atoms with van der Waals surface area (Å²) in [6, 6.07) is 9.93. The van der Waals surface area contributed by atoms with Gasteiger partial charge in [0.2, 0.25) is 0 Å². The maximum absolute atomic E-state index is 13.5. The number of amides is 1. The van der Waals surface area contributed by atoms with Crippen LogP contribution < -0.4 is 4.74 Å². The number of carboxylic acids is 2. The van der Waals surface area contributed by atoms with Crippen LogP contribution in [0.25, 0.3) is 5.76 Å². The SMILES string of the molecule is CCOc1ccc(/C(O)=C2\C(=O)C(=O)N(CCN(C)C)C2c2ccc(F)cc2)cc1C.O=C(O)C(=O)O. The lowest BCUT2D eigenvalue weighted by atomic mass is 9.94. The first kappa shape index (κ1) is 29.0. The van der Waals surface area contributed by atoms with Crippen molar-refractivity contribution >= 4 is 29.4 Å². The quantitative estimate of drug-likeness (QED) is 0.287. The Kier molecular flexibility index (Phi) is 9.90. The normalized spacial score (nSPS) is 16.4. The Bertz CT molecular complexity index is 1200. The summed E-state index contributed by atoms with van der Waals surface area (Å²) >= 11 is 0. The lowest BCUT2D eigenvalue weighted by Crippen LogP contribution is -2.35. The molecule has 2 aromatic rings. The number of Topliss-reactive ketones (excluding diaryl/α,β-unsaturated/α-hetero) is 1. The highest BCUT2D eigenvalue weighted by Crippen LogP contribution is 2.39. The van der Waals surface area contributed by atoms with Gasteiger partial charge in [-0.1, -0.05) is 12.1 Å². The van der Waals surface area contributed by atoms with Gasteiger partial charge in [0.05, 0.1) is 18.2 Å². The van der Waals surface area contributed by atoms with Crippen LogP contribution in [0.15, 0.2) is 48.0 Å². The largest absolute Gasteiger partial charge is 0.507 e. The van der Waals surface area contributed by atoms with Gasteiger partial charge < -0.3 is 29.9 Å². The topological polar surface area (TPSA) is 145 Å². The predicted octanol–water partition coefficient (Wildman–Crippen LogP) is 2.67. The molecule has 0 saturated carbocycles. The molecule has 11 heteroatoms. The molecular formula is C26H29FN2O8. The molecule has 0 aliphatic carbocycles. The monoisotopic (exact) mass is 516 g/mol. The third-order valence-corrected chi connectivity index (χ3v) is 5.44. The number of benzene rings is 2. The van der Waals surface area contributed by atoms with Crippen LogP contribution >= 0.6 is 0 Å². The fourth-order valence-electron chi connectivity index (χ4n) is 3.68. The summed E-state index contributed by atoms with van der Waals surface area (Å²) in [4.78, 5) is 47.3. The standard InChI is InChI=1S/C24H27FN2O4.C2H2O4/c1-5-31-19-11-8-17(14-15(19)2)22(28)20-21(16-6-9-18(25)10-7-16)27(13-12-26(3)4)24(30)23(20)29;3-1(4)2(5)6/h6-11,14,21,28H,5,12-13H2,1-4H3;(H,3,4)(H,5,6)/b22-20+;. The number of carboxylic acid groups (broad SMARTS) is 2. The number of likely N-dealkylation sites (tertiary alicyclic amines) is 1. The number of halogens is 1. The van der Waals surface area contributed by atoms with E-state index < -0.39 is 35.5 Å². The summed E-state index contributed by atoms with van der Waals surface area (Å²) in [5.74, 6) is -5.08. The van der Waals surface area contributed by atoms with E-state index in [0.717, 1.165) is 5.56 Å². The Morgan fingerprint density at radius 2 is 1.62 bits per heavy atom. The van der Waals surface area contributed by atoms with Crippen molar-refractivity contribution in [1.82, 2.24) is 9.80 Å². The van der Waals surface area contributed by atoms with Gasteiger partial charge in [0.25, 0.3) is 11.7 Å². The van der Waals surface area contributed by atoms with E-state index in [-0.39, 0.29) is 11.3 Å². The van der Waals surface area contributed by atoms with Gasteiger partial charge in [-0.25, -0.2) is 14.0 Å². The summed E-state index contributed by atoms with van der Waals surface area (Å²) in [7, 11) is 3.73. The lowest BCUT2D eigenvalue weighted by Gasteiger charge is -2.26. The van der Waals surface area contributed by atoms with E-state index in [1.807, 2.05) is 32.8 Å². The number of aliphatic hydroxyl groups excluding tert-OH is 1. The van der Waals surface area contributed by atoms with Crippen LogP contribution in [0, 0.1) is 12.7 Å². The number of ketones is 1. The van der Waals surface area contributed by atoms with Crippen LogP contribution in [0.3, 0.4) is 0 Å². The highest BCUT2D eigenvalue weighted by atomic mass is 19.1. The van der Waals surface area contributed by atoms with E-state index >= 15 is 0 Å². The second-order valence-electron chi connectivity index (χ2n) is 8.37. The van der Waals surface area contributed by atoms with Gasteiger partial charge in [-0.05, 0) is 69.4 Å². The fourth-order valence-corrected chi connectivity index (χ4v) is 3.68. The number of aliphatic carboxylic acids is 2. The number of ether oxygens (including phenoxy) is 1. The summed E-state index contributed by atoms with van der Waals surface area (Å²) in [5.41, 5.74) is 1.77. The van der Waals surface area contributed by atoms with Crippen molar-refractivity contribution in [2.24, 2.45) is 0 Å². The maximum atomic E-state index is 13.5. The summed E-state index contributed by atoms with van der Waals surface area (Å²) in [6.45, 7) is 5.06. The minimum absolute atomic E-state index is 0.000996. The third kappa shape index (κ3) is 7.14. The molecule has 0 spiro atoms. The molecule has 1 atom stereocenters. The molecule has 1 heterocycles. The van der Waals surface area contributed by atoms with Crippen molar-refractivity contribution in [3.05, 3.63) is 70.5 Å². The molecule has 0 bridgehead atoms. The molecule has 1 aliphatic heterocycles. The minimum atomic E-state index is -1.82. The van der Waals surface area contributed by atoms with E-state index in [1.165, 1.54) is 29.2 Å². The molecule has 1 amide bonds. The van der Waals surface area contributed by atoms with Gasteiger partial charge >= 0.3 is 11.9 Å². The third-order valence-electron chi connectivity index (χ3n) is 5.44. The van der Waals surface area contributed by atoms with Crippen LogP contribution in [-0.4, -0.2) is 82.5 Å². The zero-order chi connectivity index (χ0) is 27.9. The van der Waals surface area contributed by atoms with Crippen molar-refractivity contribution in [2.45, 2.75) is 19.9 Å². The van der Waals surface area contributed by atoms with Gasteiger partial charge in [0.1, 0.15) is 17.3 Å². The Balaban J connectivity index is 0.000000717. The number of carbonyl (C=O) groups is 4. The predicted molar refractivity (Wildman–Crippen MR) is 132 cm³/mol. The van der Waals surface area contributed by atoms with Gasteiger partial charge in [-0.2, -0.15) is 0 Å². The second-order valence-corrected chi connectivity index (χ2v) is 8.37. The van der Waals surface area contributed by atoms with Crippen molar-refractivity contribution in [2.75, 3.05) is 33.8 Å². The van der Waals surface area contributed by atoms with Gasteiger partial charge in [-0.15, -0.1) is 0 Å².